The summed E-state index contributed by atoms with van der Waals surface area (Å²) in [4.78, 5) is 24.6. The highest BCUT2D eigenvalue weighted by Gasteiger charge is 2.26. The summed E-state index contributed by atoms with van der Waals surface area (Å²) >= 11 is 5.92. The van der Waals surface area contributed by atoms with E-state index in [0.29, 0.717) is 16.5 Å². The Balaban J connectivity index is 1.90. The second-order valence-electron chi connectivity index (χ2n) is 6.85. The lowest BCUT2D eigenvalue weighted by Gasteiger charge is -2.20. The molecule has 0 bridgehead atoms. The number of nitrogens with one attached hydrogen (secondary N) is 1. The Hall–Kier alpha value is -2.73. The van der Waals surface area contributed by atoms with E-state index in [9.17, 15) is 9.59 Å². The summed E-state index contributed by atoms with van der Waals surface area (Å²) < 4.78 is 15.7. The van der Waals surface area contributed by atoms with Gasteiger partial charge < -0.3 is 19.5 Å². The number of rotatable bonds is 9. The number of amides is 1. The van der Waals surface area contributed by atoms with Crippen molar-refractivity contribution in [3.8, 4) is 11.5 Å². The van der Waals surface area contributed by atoms with Crippen molar-refractivity contribution in [2.24, 2.45) is 5.92 Å². The number of carbonyl (C=O) groups is 2. The van der Waals surface area contributed by atoms with E-state index in [4.69, 9.17) is 25.8 Å². The number of carbonyl (C=O) groups excluding carboxylic acids is 2. The molecule has 2 aromatic carbocycles. The SMILES string of the molecule is COc1ccc(CNC(=O)COC(=O)[C@H](c2ccc(Cl)cc2)C(C)C)cc1OC. The van der Waals surface area contributed by atoms with Crippen molar-refractivity contribution in [3.63, 3.8) is 0 Å². The van der Waals surface area contributed by atoms with Crippen LogP contribution in [0.4, 0.5) is 0 Å². The maximum atomic E-state index is 12.5. The molecule has 1 atom stereocenters. The van der Waals surface area contributed by atoms with Crippen LogP contribution in [0.15, 0.2) is 42.5 Å². The molecule has 0 aliphatic rings. The molecule has 156 valence electrons. The summed E-state index contributed by atoms with van der Waals surface area (Å²) in [5, 5.41) is 3.32. The van der Waals surface area contributed by atoms with E-state index in [1.54, 1.807) is 50.6 Å². The zero-order chi connectivity index (χ0) is 21.4. The monoisotopic (exact) mass is 419 g/mol. The molecule has 2 rings (SSSR count). The average Bonchev–Trinajstić information content (AvgIpc) is 2.71. The topological polar surface area (TPSA) is 73.9 Å². The van der Waals surface area contributed by atoms with E-state index in [-0.39, 0.29) is 25.0 Å². The van der Waals surface area contributed by atoms with Gasteiger partial charge in [0.05, 0.1) is 20.1 Å². The normalized spacial score (nSPS) is 11.7. The predicted molar refractivity (Wildman–Crippen MR) is 111 cm³/mol. The standard InChI is InChI=1S/C22H26ClNO5/c1-14(2)21(16-6-8-17(23)9-7-16)22(26)29-13-20(25)24-12-15-5-10-18(27-3)19(11-15)28-4/h5-11,14,21H,12-13H2,1-4H3,(H,24,25)/t21-/m0/s1. The lowest BCUT2D eigenvalue weighted by Crippen LogP contribution is -2.30. The molecule has 0 saturated carbocycles. The molecule has 0 fully saturated rings. The first kappa shape index (κ1) is 22.6. The Morgan fingerprint density at radius 2 is 1.66 bits per heavy atom. The van der Waals surface area contributed by atoms with Crippen molar-refractivity contribution >= 4 is 23.5 Å². The maximum absolute atomic E-state index is 12.5. The Morgan fingerprint density at radius 3 is 2.24 bits per heavy atom. The third-order valence-corrected chi connectivity index (χ3v) is 4.68. The van der Waals surface area contributed by atoms with Crippen molar-refractivity contribution in [2.45, 2.75) is 26.3 Å². The van der Waals surface area contributed by atoms with Crippen LogP contribution >= 0.6 is 11.6 Å². The fourth-order valence-electron chi connectivity index (χ4n) is 2.93. The Labute approximate surface area is 176 Å². The van der Waals surface area contributed by atoms with Crippen LogP contribution in [-0.2, 0) is 20.9 Å². The Kier molecular flexibility index (Phi) is 8.34. The zero-order valence-corrected chi connectivity index (χ0v) is 17.8. The molecule has 6 nitrogen and oxygen atoms in total. The molecular formula is C22H26ClNO5. The molecule has 0 unspecified atom stereocenters. The predicted octanol–water partition coefficient (Wildman–Crippen LogP) is 3.96. The minimum absolute atomic E-state index is 0.0125. The number of hydrogen-bond acceptors (Lipinski definition) is 5. The van der Waals surface area contributed by atoms with Crippen LogP contribution in [0.3, 0.4) is 0 Å². The van der Waals surface area contributed by atoms with Gasteiger partial charge in [-0.25, -0.2) is 0 Å². The van der Waals surface area contributed by atoms with Gasteiger partial charge in [0.25, 0.3) is 5.91 Å². The Morgan fingerprint density at radius 1 is 1.00 bits per heavy atom. The fourth-order valence-corrected chi connectivity index (χ4v) is 3.06. The lowest BCUT2D eigenvalue weighted by atomic mass is 9.88. The van der Waals surface area contributed by atoms with Crippen LogP contribution in [0.25, 0.3) is 0 Å². The smallest absolute Gasteiger partial charge is 0.314 e. The molecule has 0 spiro atoms. The number of methoxy groups -OCH3 is 2. The van der Waals surface area contributed by atoms with Crippen LogP contribution in [0, 0.1) is 5.92 Å². The Bertz CT molecular complexity index is 836. The van der Waals surface area contributed by atoms with E-state index in [2.05, 4.69) is 5.32 Å². The van der Waals surface area contributed by atoms with Gasteiger partial charge in [-0.1, -0.05) is 43.6 Å². The largest absolute Gasteiger partial charge is 0.493 e. The van der Waals surface area contributed by atoms with Crippen LogP contribution in [0.2, 0.25) is 5.02 Å². The van der Waals surface area contributed by atoms with Gasteiger partial charge >= 0.3 is 5.97 Å². The van der Waals surface area contributed by atoms with Gasteiger partial charge in [0.15, 0.2) is 18.1 Å². The molecule has 0 heterocycles. The van der Waals surface area contributed by atoms with Crippen LogP contribution in [-0.4, -0.2) is 32.7 Å². The van der Waals surface area contributed by atoms with E-state index in [1.807, 2.05) is 19.9 Å². The van der Waals surface area contributed by atoms with Crippen molar-refractivity contribution < 1.29 is 23.8 Å². The summed E-state index contributed by atoms with van der Waals surface area (Å²) in [6.45, 7) is 3.79. The van der Waals surface area contributed by atoms with E-state index in [1.165, 1.54) is 0 Å². The maximum Gasteiger partial charge on any atom is 0.314 e. The second-order valence-corrected chi connectivity index (χ2v) is 7.28. The van der Waals surface area contributed by atoms with Crippen molar-refractivity contribution in [1.82, 2.24) is 5.32 Å². The van der Waals surface area contributed by atoms with E-state index < -0.39 is 11.9 Å². The average molecular weight is 420 g/mol. The third-order valence-electron chi connectivity index (χ3n) is 4.43. The molecule has 0 aromatic heterocycles. The van der Waals surface area contributed by atoms with Crippen LogP contribution < -0.4 is 14.8 Å². The second kappa shape index (κ2) is 10.7. The highest BCUT2D eigenvalue weighted by atomic mass is 35.5. The molecule has 0 aliphatic carbocycles. The fraction of sp³-hybridized carbons (Fsp3) is 0.364. The van der Waals surface area contributed by atoms with Crippen molar-refractivity contribution in [2.75, 3.05) is 20.8 Å². The lowest BCUT2D eigenvalue weighted by molar-refractivity contribution is -0.151. The summed E-state index contributed by atoms with van der Waals surface area (Å²) in [5.74, 6) is -0.0911. The number of benzene rings is 2. The summed E-state index contributed by atoms with van der Waals surface area (Å²) in [6.07, 6.45) is 0. The third kappa shape index (κ3) is 6.39. The molecule has 2 aromatic rings. The molecule has 29 heavy (non-hydrogen) atoms. The minimum Gasteiger partial charge on any atom is -0.493 e. The molecule has 1 amide bonds. The number of hydrogen-bond donors (Lipinski definition) is 1. The van der Waals surface area contributed by atoms with Gasteiger partial charge in [0.1, 0.15) is 0 Å². The molecule has 0 saturated heterocycles. The molecule has 1 N–H and O–H groups in total. The van der Waals surface area contributed by atoms with Gasteiger partial charge in [0, 0.05) is 11.6 Å². The summed E-state index contributed by atoms with van der Waals surface area (Å²) in [6, 6.07) is 12.4. The van der Waals surface area contributed by atoms with Gasteiger partial charge in [-0.3, -0.25) is 9.59 Å². The molecular weight excluding hydrogens is 394 g/mol. The first-order valence-electron chi connectivity index (χ1n) is 9.25. The molecule has 0 aliphatic heterocycles. The quantitative estimate of drug-likeness (QED) is 0.623. The van der Waals surface area contributed by atoms with Gasteiger partial charge in [0.2, 0.25) is 0 Å². The summed E-state index contributed by atoms with van der Waals surface area (Å²) in [7, 11) is 3.10. The first-order chi connectivity index (χ1) is 13.8. The first-order valence-corrected chi connectivity index (χ1v) is 9.63. The number of esters is 1. The highest BCUT2D eigenvalue weighted by molar-refractivity contribution is 6.30. The number of halogens is 1. The van der Waals surface area contributed by atoms with Crippen LogP contribution in [0.5, 0.6) is 11.5 Å². The van der Waals surface area contributed by atoms with Crippen molar-refractivity contribution in [1.29, 1.82) is 0 Å². The number of ether oxygens (including phenoxy) is 3. The molecule has 0 radical (unpaired) electrons. The highest BCUT2D eigenvalue weighted by Crippen LogP contribution is 2.28. The molecule has 7 heteroatoms. The van der Waals surface area contributed by atoms with Crippen LogP contribution in [0.1, 0.15) is 30.9 Å². The van der Waals surface area contributed by atoms with Gasteiger partial charge in [-0.15, -0.1) is 0 Å². The minimum atomic E-state index is -0.467. The van der Waals surface area contributed by atoms with Gasteiger partial charge in [-0.05, 0) is 41.3 Å². The summed E-state index contributed by atoms with van der Waals surface area (Å²) in [5.41, 5.74) is 1.64. The van der Waals surface area contributed by atoms with E-state index >= 15 is 0 Å². The van der Waals surface area contributed by atoms with Gasteiger partial charge in [-0.2, -0.15) is 0 Å². The van der Waals surface area contributed by atoms with Crippen molar-refractivity contribution in [3.05, 3.63) is 58.6 Å². The zero-order valence-electron chi connectivity index (χ0n) is 17.0. The van der Waals surface area contributed by atoms with E-state index in [0.717, 1.165) is 11.1 Å².